The van der Waals surface area contributed by atoms with Crippen LogP contribution in [0, 0.1) is 0 Å². The molecule has 20 heavy (non-hydrogen) atoms. The summed E-state index contributed by atoms with van der Waals surface area (Å²) in [5, 5.41) is 10.5. The third-order valence-electron chi connectivity index (χ3n) is 3.10. The molecule has 4 heteroatoms. The Morgan fingerprint density at radius 3 is 2.10 bits per heavy atom. The van der Waals surface area contributed by atoms with E-state index in [1.807, 2.05) is 48.5 Å². The van der Waals surface area contributed by atoms with Gasteiger partial charge in [-0.05, 0) is 36.4 Å². The number of nitrogens with two attached hydrogens (primary N) is 2. The fourth-order valence-corrected chi connectivity index (χ4v) is 2.05. The van der Waals surface area contributed by atoms with Crippen LogP contribution in [-0.4, -0.2) is 0 Å². The van der Waals surface area contributed by atoms with E-state index in [1.165, 1.54) is 0 Å². The molecule has 3 rings (SSSR count). The SMILES string of the molecule is Nc1ccc(N=Nc2ccc(N)c3ccccc23)cc1. The molecule has 0 unspecified atom stereocenters. The van der Waals surface area contributed by atoms with E-state index in [9.17, 15) is 0 Å². The lowest BCUT2D eigenvalue weighted by Crippen LogP contribution is -1.86. The molecular weight excluding hydrogens is 248 g/mol. The lowest BCUT2D eigenvalue weighted by Gasteiger charge is -2.04. The van der Waals surface area contributed by atoms with Crippen molar-refractivity contribution in [2.24, 2.45) is 10.2 Å². The van der Waals surface area contributed by atoms with E-state index >= 15 is 0 Å². The van der Waals surface area contributed by atoms with Gasteiger partial charge in [0, 0.05) is 22.1 Å². The number of hydrogen-bond acceptors (Lipinski definition) is 4. The zero-order valence-electron chi connectivity index (χ0n) is 10.8. The molecule has 0 amide bonds. The summed E-state index contributed by atoms with van der Waals surface area (Å²) in [7, 11) is 0. The number of nitrogen functional groups attached to an aromatic ring is 2. The molecule has 0 radical (unpaired) electrons. The molecule has 0 saturated carbocycles. The van der Waals surface area contributed by atoms with Crippen molar-refractivity contribution in [3.8, 4) is 0 Å². The summed E-state index contributed by atoms with van der Waals surface area (Å²) in [5.74, 6) is 0. The smallest absolute Gasteiger partial charge is 0.0936 e. The summed E-state index contributed by atoms with van der Waals surface area (Å²) >= 11 is 0. The summed E-state index contributed by atoms with van der Waals surface area (Å²) in [6.07, 6.45) is 0. The van der Waals surface area contributed by atoms with Crippen LogP contribution in [0.4, 0.5) is 22.7 Å². The van der Waals surface area contributed by atoms with Crippen molar-refractivity contribution in [2.45, 2.75) is 0 Å². The van der Waals surface area contributed by atoms with Gasteiger partial charge in [0.15, 0.2) is 0 Å². The second-order valence-corrected chi connectivity index (χ2v) is 4.51. The molecule has 0 aliphatic rings. The van der Waals surface area contributed by atoms with Gasteiger partial charge in [-0.25, -0.2) is 0 Å². The highest BCUT2D eigenvalue weighted by Crippen LogP contribution is 2.31. The first-order valence-electron chi connectivity index (χ1n) is 6.28. The van der Waals surface area contributed by atoms with Gasteiger partial charge in [0.2, 0.25) is 0 Å². The first-order valence-corrected chi connectivity index (χ1v) is 6.28. The molecule has 3 aromatic rings. The predicted octanol–water partition coefficient (Wildman–Crippen LogP) is 4.42. The van der Waals surface area contributed by atoms with E-state index in [2.05, 4.69) is 10.2 Å². The third kappa shape index (κ3) is 2.31. The quantitative estimate of drug-likeness (QED) is 0.529. The Hall–Kier alpha value is -2.88. The van der Waals surface area contributed by atoms with Crippen LogP contribution in [0.5, 0.6) is 0 Å². The van der Waals surface area contributed by atoms with Gasteiger partial charge in [-0.15, -0.1) is 5.11 Å². The average Bonchev–Trinajstić information content (AvgIpc) is 2.49. The van der Waals surface area contributed by atoms with Gasteiger partial charge in [0.1, 0.15) is 0 Å². The number of azo groups is 1. The van der Waals surface area contributed by atoms with E-state index < -0.39 is 0 Å². The molecule has 0 saturated heterocycles. The van der Waals surface area contributed by atoms with E-state index in [0.29, 0.717) is 5.69 Å². The lowest BCUT2D eigenvalue weighted by molar-refractivity contribution is 1.24. The van der Waals surface area contributed by atoms with Gasteiger partial charge in [0.05, 0.1) is 11.4 Å². The molecule has 0 aromatic heterocycles. The highest BCUT2D eigenvalue weighted by molar-refractivity contribution is 5.99. The topological polar surface area (TPSA) is 76.8 Å². The van der Waals surface area contributed by atoms with Crippen LogP contribution in [0.25, 0.3) is 10.8 Å². The normalized spacial score (nSPS) is 11.2. The van der Waals surface area contributed by atoms with Crippen LogP contribution in [0.2, 0.25) is 0 Å². The van der Waals surface area contributed by atoms with Gasteiger partial charge in [-0.2, -0.15) is 5.11 Å². The Balaban J connectivity index is 2.03. The molecule has 98 valence electrons. The second kappa shape index (κ2) is 5.01. The minimum atomic E-state index is 0.710. The van der Waals surface area contributed by atoms with Crippen LogP contribution < -0.4 is 11.5 Å². The van der Waals surface area contributed by atoms with Gasteiger partial charge in [-0.1, -0.05) is 24.3 Å². The predicted molar refractivity (Wildman–Crippen MR) is 83.4 cm³/mol. The molecule has 0 heterocycles. The van der Waals surface area contributed by atoms with Crippen molar-refractivity contribution in [3.05, 3.63) is 60.7 Å². The lowest BCUT2D eigenvalue weighted by atomic mass is 10.1. The van der Waals surface area contributed by atoms with Crippen molar-refractivity contribution in [1.29, 1.82) is 0 Å². The van der Waals surface area contributed by atoms with Crippen molar-refractivity contribution < 1.29 is 0 Å². The maximum Gasteiger partial charge on any atom is 0.0936 e. The van der Waals surface area contributed by atoms with E-state index in [-0.39, 0.29) is 0 Å². The van der Waals surface area contributed by atoms with Crippen LogP contribution in [0.15, 0.2) is 70.9 Å². The summed E-state index contributed by atoms with van der Waals surface area (Å²) < 4.78 is 0. The molecule has 0 atom stereocenters. The molecular formula is C16H14N4. The number of fused-ring (bicyclic) bond motifs is 1. The molecule has 3 aromatic carbocycles. The number of nitrogens with zero attached hydrogens (tertiary/aromatic N) is 2. The van der Waals surface area contributed by atoms with Gasteiger partial charge in [0.25, 0.3) is 0 Å². The van der Waals surface area contributed by atoms with Gasteiger partial charge < -0.3 is 11.5 Å². The fraction of sp³-hybridized carbons (Fsp3) is 0. The summed E-state index contributed by atoms with van der Waals surface area (Å²) in [6.45, 7) is 0. The number of hydrogen-bond donors (Lipinski definition) is 2. The first kappa shape index (κ1) is 12.2. The standard InChI is InChI=1S/C16H14N4/c17-11-5-7-12(8-6-11)19-20-16-10-9-15(18)13-3-1-2-4-14(13)16/h1-10H,17-18H2. The van der Waals surface area contributed by atoms with Crippen LogP contribution >= 0.6 is 0 Å². The van der Waals surface area contributed by atoms with Crippen LogP contribution in [-0.2, 0) is 0 Å². The minimum Gasteiger partial charge on any atom is -0.399 e. The average molecular weight is 262 g/mol. The van der Waals surface area contributed by atoms with E-state index in [0.717, 1.165) is 27.8 Å². The number of rotatable bonds is 2. The number of benzene rings is 3. The Labute approximate surface area is 116 Å². The summed E-state index contributed by atoms with van der Waals surface area (Å²) in [6, 6.07) is 18.9. The number of anilines is 2. The zero-order valence-corrected chi connectivity index (χ0v) is 10.8. The van der Waals surface area contributed by atoms with Crippen molar-refractivity contribution in [2.75, 3.05) is 11.5 Å². The Kier molecular flexibility index (Phi) is 3.05. The van der Waals surface area contributed by atoms with E-state index in [1.54, 1.807) is 12.1 Å². The monoisotopic (exact) mass is 262 g/mol. The maximum absolute atomic E-state index is 5.96. The van der Waals surface area contributed by atoms with Gasteiger partial charge >= 0.3 is 0 Å². The minimum absolute atomic E-state index is 0.710. The highest BCUT2D eigenvalue weighted by atomic mass is 15.1. The molecule has 0 fully saturated rings. The third-order valence-corrected chi connectivity index (χ3v) is 3.10. The highest BCUT2D eigenvalue weighted by Gasteiger charge is 2.02. The Morgan fingerprint density at radius 1 is 0.650 bits per heavy atom. The molecule has 0 spiro atoms. The first-order chi connectivity index (χ1) is 9.74. The maximum atomic E-state index is 5.96. The molecule has 0 bridgehead atoms. The Bertz CT molecular complexity index is 776. The largest absolute Gasteiger partial charge is 0.399 e. The van der Waals surface area contributed by atoms with Crippen LogP contribution in [0.1, 0.15) is 0 Å². The zero-order chi connectivity index (χ0) is 13.9. The van der Waals surface area contributed by atoms with Crippen molar-refractivity contribution in [1.82, 2.24) is 0 Å². The van der Waals surface area contributed by atoms with E-state index in [4.69, 9.17) is 11.5 Å². The summed E-state index contributed by atoms with van der Waals surface area (Å²) in [5.41, 5.74) is 14.6. The van der Waals surface area contributed by atoms with Crippen molar-refractivity contribution in [3.63, 3.8) is 0 Å². The fourth-order valence-electron chi connectivity index (χ4n) is 2.05. The van der Waals surface area contributed by atoms with Crippen molar-refractivity contribution >= 4 is 33.5 Å². The molecule has 4 nitrogen and oxygen atoms in total. The van der Waals surface area contributed by atoms with Crippen LogP contribution in [0.3, 0.4) is 0 Å². The molecule has 4 N–H and O–H groups in total. The summed E-state index contributed by atoms with van der Waals surface area (Å²) in [4.78, 5) is 0. The second-order valence-electron chi connectivity index (χ2n) is 4.51. The Morgan fingerprint density at radius 2 is 1.35 bits per heavy atom. The molecule has 0 aliphatic carbocycles. The van der Waals surface area contributed by atoms with Gasteiger partial charge in [-0.3, -0.25) is 0 Å². The molecule has 0 aliphatic heterocycles.